The van der Waals surface area contributed by atoms with Crippen LogP contribution < -0.4 is 4.90 Å². The normalized spacial score (nSPS) is 20.5. The van der Waals surface area contributed by atoms with Crippen LogP contribution >= 0.6 is 15.9 Å². The molecule has 2 fully saturated rings. The number of amides is 2. The van der Waals surface area contributed by atoms with Crippen LogP contribution in [0.15, 0.2) is 57.9 Å². The molecule has 0 bridgehead atoms. The predicted molar refractivity (Wildman–Crippen MR) is 113 cm³/mol. The zero-order valence-corrected chi connectivity index (χ0v) is 18.4. The molecule has 0 radical (unpaired) electrons. The van der Waals surface area contributed by atoms with Crippen molar-refractivity contribution in [2.75, 3.05) is 4.90 Å². The number of imide groups is 1. The van der Waals surface area contributed by atoms with Crippen molar-refractivity contribution in [1.82, 2.24) is 4.31 Å². The van der Waals surface area contributed by atoms with Crippen LogP contribution in [0.3, 0.4) is 0 Å². The van der Waals surface area contributed by atoms with Gasteiger partial charge in [-0.05, 0) is 61.4 Å². The van der Waals surface area contributed by atoms with Gasteiger partial charge in [0.15, 0.2) is 0 Å². The van der Waals surface area contributed by atoms with E-state index in [1.807, 2.05) is 0 Å². The van der Waals surface area contributed by atoms with Crippen LogP contribution in [0.5, 0.6) is 0 Å². The molecule has 1 aliphatic heterocycles. The number of anilines is 1. The minimum absolute atomic E-state index is 0.0851. The highest BCUT2D eigenvalue weighted by Gasteiger charge is 2.49. The second-order valence-electron chi connectivity index (χ2n) is 7.49. The molecule has 9 heteroatoms. The fourth-order valence-electron chi connectivity index (χ4n) is 4.18. The summed E-state index contributed by atoms with van der Waals surface area (Å²) in [5, 5.41) is 0. The van der Waals surface area contributed by atoms with Gasteiger partial charge in [-0.15, -0.1) is 0 Å². The summed E-state index contributed by atoms with van der Waals surface area (Å²) in [5.74, 6) is -1.54. The van der Waals surface area contributed by atoms with E-state index in [0.29, 0.717) is 18.5 Å². The van der Waals surface area contributed by atoms with Crippen LogP contribution in [0.2, 0.25) is 0 Å². The molecule has 1 aliphatic carbocycles. The monoisotopic (exact) mass is 494 g/mol. The summed E-state index contributed by atoms with van der Waals surface area (Å²) in [4.78, 5) is 27.0. The molecule has 4 rings (SSSR count). The number of rotatable bonds is 5. The highest BCUT2D eigenvalue weighted by molar-refractivity contribution is 9.10. The predicted octanol–water partition coefficient (Wildman–Crippen LogP) is 3.85. The molecule has 1 saturated heterocycles. The maximum atomic E-state index is 13.5. The minimum Gasteiger partial charge on any atom is -0.274 e. The molecular formula is C21H20BrFN2O4S. The molecule has 0 spiro atoms. The highest BCUT2D eigenvalue weighted by atomic mass is 79.9. The van der Waals surface area contributed by atoms with Gasteiger partial charge >= 0.3 is 0 Å². The Labute approximate surface area is 182 Å². The average Bonchev–Trinajstić information content (AvgIpc) is 3.32. The van der Waals surface area contributed by atoms with Crippen LogP contribution in [0.1, 0.15) is 32.1 Å². The molecule has 1 atom stereocenters. The van der Waals surface area contributed by atoms with E-state index in [1.165, 1.54) is 16.4 Å². The van der Waals surface area contributed by atoms with Gasteiger partial charge < -0.3 is 0 Å². The first kappa shape index (κ1) is 21.1. The minimum atomic E-state index is -4.09. The van der Waals surface area contributed by atoms with Gasteiger partial charge in [0.1, 0.15) is 11.9 Å². The number of hydrogen-bond acceptors (Lipinski definition) is 4. The van der Waals surface area contributed by atoms with Gasteiger partial charge in [0, 0.05) is 10.5 Å². The molecule has 1 unspecified atom stereocenters. The third-order valence-electron chi connectivity index (χ3n) is 5.59. The van der Waals surface area contributed by atoms with Crippen LogP contribution in [-0.4, -0.2) is 36.6 Å². The highest BCUT2D eigenvalue weighted by Crippen LogP contribution is 2.35. The summed E-state index contributed by atoms with van der Waals surface area (Å²) < 4.78 is 42.3. The third kappa shape index (κ3) is 3.81. The summed E-state index contributed by atoms with van der Waals surface area (Å²) >= 11 is 3.32. The molecule has 0 N–H and O–H groups in total. The van der Waals surface area contributed by atoms with Crippen LogP contribution in [0.4, 0.5) is 10.1 Å². The quantitative estimate of drug-likeness (QED) is 0.591. The lowest BCUT2D eigenvalue weighted by atomic mass is 10.2. The lowest BCUT2D eigenvalue weighted by molar-refractivity contribution is -0.122. The number of carbonyl (C=O) groups excluding carboxylic acids is 2. The van der Waals surface area contributed by atoms with Crippen molar-refractivity contribution in [3.05, 3.63) is 58.8 Å². The van der Waals surface area contributed by atoms with Crippen molar-refractivity contribution in [3.63, 3.8) is 0 Å². The summed E-state index contributed by atoms with van der Waals surface area (Å²) in [6.07, 6.45) is 2.73. The Hall–Kier alpha value is -2.10. The lowest BCUT2D eigenvalue weighted by Gasteiger charge is -2.32. The van der Waals surface area contributed by atoms with Gasteiger partial charge in [0.25, 0.3) is 5.91 Å². The van der Waals surface area contributed by atoms with Crippen LogP contribution in [0.25, 0.3) is 0 Å². The number of benzene rings is 2. The molecule has 2 aliphatic rings. The van der Waals surface area contributed by atoms with E-state index >= 15 is 0 Å². The number of sulfonamides is 1. The summed E-state index contributed by atoms with van der Waals surface area (Å²) in [5.41, 5.74) is 0.404. The molecule has 1 saturated carbocycles. The molecule has 158 valence electrons. The van der Waals surface area contributed by atoms with Crippen molar-refractivity contribution >= 4 is 43.5 Å². The van der Waals surface area contributed by atoms with Gasteiger partial charge in [-0.2, -0.15) is 4.31 Å². The Kier molecular flexibility index (Phi) is 5.78. The van der Waals surface area contributed by atoms with Gasteiger partial charge in [-0.25, -0.2) is 17.7 Å². The van der Waals surface area contributed by atoms with Crippen molar-refractivity contribution < 1.29 is 22.4 Å². The third-order valence-corrected chi connectivity index (χ3v) is 8.09. The topological polar surface area (TPSA) is 74.8 Å². The Morgan fingerprint density at radius 2 is 1.57 bits per heavy atom. The van der Waals surface area contributed by atoms with E-state index in [0.717, 1.165) is 34.3 Å². The largest absolute Gasteiger partial charge is 0.274 e. The van der Waals surface area contributed by atoms with E-state index in [2.05, 4.69) is 15.9 Å². The van der Waals surface area contributed by atoms with Gasteiger partial charge in [0.05, 0.1) is 17.0 Å². The molecule has 2 amide bonds. The second-order valence-corrected chi connectivity index (χ2v) is 10.2. The molecule has 2 aromatic rings. The Morgan fingerprint density at radius 3 is 2.17 bits per heavy atom. The van der Waals surface area contributed by atoms with Gasteiger partial charge in [-0.3, -0.25) is 9.59 Å². The molecule has 6 nitrogen and oxygen atoms in total. The zero-order valence-electron chi connectivity index (χ0n) is 16.0. The summed E-state index contributed by atoms with van der Waals surface area (Å²) in [6, 6.07) is 9.77. The number of nitrogens with zero attached hydrogens (tertiary/aromatic N) is 2. The van der Waals surface area contributed by atoms with Gasteiger partial charge in [0.2, 0.25) is 15.9 Å². The van der Waals surface area contributed by atoms with Crippen molar-refractivity contribution in [3.8, 4) is 0 Å². The summed E-state index contributed by atoms with van der Waals surface area (Å²) in [6.45, 7) is 0. The maximum Gasteiger partial charge on any atom is 0.252 e. The average molecular weight is 495 g/mol. The van der Waals surface area contributed by atoms with E-state index in [4.69, 9.17) is 0 Å². The fraction of sp³-hybridized carbons (Fsp3) is 0.333. The van der Waals surface area contributed by atoms with Crippen molar-refractivity contribution in [1.29, 1.82) is 0 Å². The first-order chi connectivity index (χ1) is 14.3. The number of halogens is 2. The number of hydrogen-bond donors (Lipinski definition) is 0. The lowest BCUT2D eigenvalue weighted by Crippen LogP contribution is -2.49. The van der Waals surface area contributed by atoms with Crippen molar-refractivity contribution in [2.24, 2.45) is 0 Å². The molecular weight excluding hydrogens is 475 g/mol. The maximum absolute atomic E-state index is 13.5. The van der Waals surface area contributed by atoms with E-state index < -0.39 is 33.7 Å². The smallest absolute Gasteiger partial charge is 0.252 e. The van der Waals surface area contributed by atoms with Gasteiger partial charge in [-0.1, -0.05) is 28.8 Å². The van der Waals surface area contributed by atoms with Crippen molar-refractivity contribution in [2.45, 2.75) is 49.1 Å². The summed E-state index contributed by atoms with van der Waals surface area (Å²) in [7, 11) is -4.09. The second kappa shape index (κ2) is 8.20. The Balaban J connectivity index is 1.73. The van der Waals surface area contributed by atoms with Crippen LogP contribution in [-0.2, 0) is 19.6 Å². The fourth-order valence-corrected chi connectivity index (χ4v) is 6.27. The molecule has 30 heavy (non-hydrogen) atoms. The Bertz CT molecular complexity index is 1070. The SMILES string of the molecule is O=C1CC(N(C2CCCC2)S(=O)(=O)c2ccc(F)cc2)C(=O)N1c1ccc(Br)cc1. The van der Waals surface area contributed by atoms with E-state index in [-0.39, 0.29) is 17.4 Å². The first-order valence-corrected chi connectivity index (χ1v) is 11.9. The van der Waals surface area contributed by atoms with E-state index in [9.17, 15) is 22.4 Å². The Morgan fingerprint density at radius 1 is 0.967 bits per heavy atom. The van der Waals surface area contributed by atoms with E-state index in [1.54, 1.807) is 24.3 Å². The zero-order chi connectivity index (χ0) is 21.5. The molecule has 2 aromatic carbocycles. The molecule has 0 aromatic heterocycles. The first-order valence-electron chi connectivity index (χ1n) is 9.70. The standard InChI is InChI=1S/C21H20BrFN2O4S/c22-14-5-9-16(10-6-14)24-20(26)13-19(21(24)27)25(17-3-1-2-4-17)30(28,29)18-11-7-15(23)8-12-18/h5-12,17,19H,1-4,13H2. The van der Waals surface area contributed by atoms with Crippen LogP contribution in [0, 0.1) is 5.82 Å². The number of carbonyl (C=O) groups is 2. The molecule has 1 heterocycles.